The predicted octanol–water partition coefficient (Wildman–Crippen LogP) is 0.975. The van der Waals surface area contributed by atoms with E-state index >= 15 is 0 Å². The van der Waals surface area contributed by atoms with Crippen molar-refractivity contribution in [2.24, 2.45) is 5.92 Å². The van der Waals surface area contributed by atoms with Crippen LogP contribution in [-0.2, 0) is 23.5 Å². The number of likely N-dealkylation sites (tertiary alicyclic amines) is 2. The number of aromatic nitrogens is 2. The number of thioether (sulfide) groups is 1. The maximum absolute atomic E-state index is 12.5. The number of nitrogens with zero attached hydrogens (tertiary/aromatic N) is 4. The van der Waals surface area contributed by atoms with Gasteiger partial charge in [0.1, 0.15) is 0 Å². The summed E-state index contributed by atoms with van der Waals surface area (Å²) in [7, 11) is 1.91. The normalized spacial score (nSPS) is 25.4. The molecule has 0 aromatic carbocycles. The average Bonchev–Trinajstić information content (AvgIpc) is 2.73. The van der Waals surface area contributed by atoms with Crippen LogP contribution in [0.1, 0.15) is 30.5 Å². The summed E-state index contributed by atoms with van der Waals surface area (Å²) in [5.41, 5.74) is 2.22. The zero-order chi connectivity index (χ0) is 17.4. The molecule has 0 aliphatic carbocycles. The van der Waals surface area contributed by atoms with Gasteiger partial charge in [-0.1, -0.05) is 0 Å². The van der Waals surface area contributed by atoms with E-state index in [1.807, 2.05) is 23.7 Å². The minimum absolute atomic E-state index is 0.0185. The van der Waals surface area contributed by atoms with Crippen LogP contribution >= 0.6 is 11.8 Å². The van der Waals surface area contributed by atoms with Crippen LogP contribution in [0.2, 0.25) is 0 Å². The molecule has 0 bridgehead atoms. The largest absolute Gasteiger partial charge is 0.344 e. The van der Waals surface area contributed by atoms with Crippen LogP contribution in [0.25, 0.3) is 0 Å². The number of hydrogen-bond acceptors (Lipinski definition) is 5. The third-order valence-corrected chi connectivity index (χ3v) is 6.65. The Morgan fingerprint density at radius 3 is 2.96 bits per heavy atom. The first-order valence-electron chi connectivity index (χ1n) is 9.28. The first kappa shape index (κ1) is 17.1. The zero-order valence-electron chi connectivity index (χ0n) is 14.8. The van der Waals surface area contributed by atoms with E-state index in [-0.39, 0.29) is 17.5 Å². The van der Waals surface area contributed by atoms with Crippen LogP contribution < -0.4 is 5.56 Å². The van der Waals surface area contributed by atoms with Crippen LogP contribution in [0.5, 0.6) is 0 Å². The molecular formula is C18H26N4O2S. The Bertz CT molecular complexity index is 714. The SMILES string of the molecule is CN1CCCCC(N2CC(Cn3nc4c(cc3=O)CSCC4)C2)C1=O. The fraction of sp³-hybridized carbons (Fsp3) is 0.722. The van der Waals surface area contributed by atoms with Gasteiger partial charge in [0.05, 0.1) is 18.3 Å². The van der Waals surface area contributed by atoms with Gasteiger partial charge in [-0.2, -0.15) is 16.9 Å². The lowest BCUT2D eigenvalue weighted by Gasteiger charge is -2.44. The Labute approximate surface area is 152 Å². The van der Waals surface area contributed by atoms with Crippen molar-refractivity contribution in [3.8, 4) is 0 Å². The number of rotatable bonds is 3. The molecular weight excluding hydrogens is 336 g/mol. The van der Waals surface area contributed by atoms with Crippen LogP contribution in [0.15, 0.2) is 10.9 Å². The second-order valence-electron chi connectivity index (χ2n) is 7.53. The summed E-state index contributed by atoms with van der Waals surface area (Å²) in [4.78, 5) is 28.9. The van der Waals surface area contributed by atoms with Crippen LogP contribution in [0, 0.1) is 5.92 Å². The minimum atomic E-state index is 0.0185. The van der Waals surface area contributed by atoms with Gasteiger partial charge in [-0.25, -0.2) is 4.68 Å². The molecule has 1 aromatic rings. The van der Waals surface area contributed by atoms with Gasteiger partial charge in [0.25, 0.3) is 5.56 Å². The summed E-state index contributed by atoms with van der Waals surface area (Å²) < 4.78 is 1.65. The van der Waals surface area contributed by atoms with Gasteiger partial charge in [-0.3, -0.25) is 14.5 Å². The van der Waals surface area contributed by atoms with E-state index in [0.29, 0.717) is 12.5 Å². The van der Waals surface area contributed by atoms with Crippen molar-refractivity contribution in [1.29, 1.82) is 0 Å². The lowest BCUT2D eigenvalue weighted by atomic mass is 9.95. The van der Waals surface area contributed by atoms with Crippen molar-refractivity contribution < 1.29 is 4.79 Å². The van der Waals surface area contributed by atoms with E-state index in [1.54, 1.807) is 10.7 Å². The van der Waals surface area contributed by atoms with Crippen LogP contribution in [0.3, 0.4) is 0 Å². The maximum Gasteiger partial charge on any atom is 0.267 e. The van der Waals surface area contributed by atoms with E-state index in [1.165, 1.54) is 0 Å². The molecule has 0 radical (unpaired) electrons. The highest BCUT2D eigenvalue weighted by Gasteiger charge is 2.38. The Morgan fingerprint density at radius 1 is 1.28 bits per heavy atom. The first-order valence-corrected chi connectivity index (χ1v) is 10.4. The molecule has 2 saturated heterocycles. The third-order valence-electron chi connectivity index (χ3n) is 5.64. The van der Waals surface area contributed by atoms with Crippen LogP contribution in [-0.4, -0.2) is 64.0 Å². The van der Waals surface area contributed by atoms with Crippen molar-refractivity contribution in [3.63, 3.8) is 0 Å². The Hall–Kier alpha value is -1.34. The predicted molar refractivity (Wildman–Crippen MR) is 98.7 cm³/mol. The van der Waals surface area contributed by atoms with E-state index in [9.17, 15) is 9.59 Å². The summed E-state index contributed by atoms with van der Waals surface area (Å²) in [6, 6.07) is 1.81. The molecule has 1 unspecified atom stereocenters. The van der Waals surface area contributed by atoms with Gasteiger partial charge in [0.15, 0.2) is 0 Å². The van der Waals surface area contributed by atoms with Gasteiger partial charge in [0, 0.05) is 50.8 Å². The van der Waals surface area contributed by atoms with Crippen molar-refractivity contribution in [1.82, 2.24) is 19.6 Å². The van der Waals surface area contributed by atoms with Crippen LogP contribution in [0.4, 0.5) is 0 Å². The second kappa shape index (κ2) is 7.11. The summed E-state index contributed by atoms with van der Waals surface area (Å²) in [6.45, 7) is 3.34. The average molecular weight is 362 g/mol. The summed E-state index contributed by atoms with van der Waals surface area (Å²) in [5, 5.41) is 4.61. The number of hydrogen-bond donors (Lipinski definition) is 0. The van der Waals surface area contributed by atoms with E-state index in [4.69, 9.17) is 0 Å². The molecule has 1 amide bonds. The van der Waals surface area contributed by atoms with Gasteiger partial charge in [-0.15, -0.1) is 0 Å². The third kappa shape index (κ3) is 3.49. The smallest absolute Gasteiger partial charge is 0.267 e. The fourth-order valence-electron chi connectivity index (χ4n) is 4.12. The number of amides is 1. The molecule has 2 fully saturated rings. The molecule has 1 aromatic heterocycles. The Balaban J connectivity index is 1.38. The molecule has 1 atom stereocenters. The number of fused-ring (bicyclic) bond motifs is 1. The molecule has 4 heterocycles. The topological polar surface area (TPSA) is 58.4 Å². The van der Waals surface area contributed by atoms with Gasteiger partial charge < -0.3 is 4.90 Å². The molecule has 0 N–H and O–H groups in total. The second-order valence-corrected chi connectivity index (χ2v) is 8.64. The van der Waals surface area contributed by atoms with Crippen molar-refractivity contribution in [2.75, 3.05) is 32.4 Å². The standard InChI is InChI=1S/C18H26N4O2S/c1-20-6-3-2-4-16(18(20)24)21-9-13(10-21)11-22-17(23)8-14-12-25-7-5-15(14)19-22/h8,13,16H,2-7,9-12H2,1H3. The highest BCUT2D eigenvalue weighted by Crippen LogP contribution is 2.26. The van der Waals surface area contributed by atoms with E-state index < -0.39 is 0 Å². The van der Waals surface area contributed by atoms with Crippen molar-refractivity contribution >= 4 is 17.7 Å². The molecule has 0 spiro atoms. The van der Waals surface area contributed by atoms with Gasteiger partial charge in [-0.05, 0) is 30.6 Å². The maximum atomic E-state index is 12.5. The summed E-state index contributed by atoms with van der Waals surface area (Å²) >= 11 is 1.87. The highest BCUT2D eigenvalue weighted by atomic mass is 32.2. The zero-order valence-corrected chi connectivity index (χ0v) is 15.6. The molecule has 7 heteroatoms. The lowest BCUT2D eigenvalue weighted by Crippen LogP contribution is -2.58. The quantitative estimate of drug-likeness (QED) is 0.802. The highest BCUT2D eigenvalue weighted by molar-refractivity contribution is 7.98. The van der Waals surface area contributed by atoms with Crippen molar-refractivity contribution in [3.05, 3.63) is 27.7 Å². The number of aryl methyl sites for hydroxylation is 1. The summed E-state index contributed by atoms with van der Waals surface area (Å²) in [6.07, 6.45) is 4.14. The molecule has 3 aliphatic rings. The molecule has 6 nitrogen and oxygen atoms in total. The number of carbonyl (C=O) groups excluding carboxylic acids is 1. The molecule has 4 rings (SSSR count). The van der Waals surface area contributed by atoms with Crippen molar-refractivity contribution in [2.45, 2.75) is 44.0 Å². The van der Waals surface area contributed by atoms with E-state index in [2.05, 4.69) is 10.00 Å². The first-order chi connectivity index (χ1) is 12.1. The number of carbonyl (C=O) groups is 1. The van der Waals surface area contributed by atoms with E-state index in [0.717, 1.165) is 68.1 Å². The Kier molecular flexibility index (Phi) is 4.86. The Morgan fingerprint density at radius 2 is 2.12 bits per heavy atom. The number of likely N-dealkylation sites (N-methyl/N-ethyl adjacent to an activating group) is 1. The van der Waals surface area contributed by atoms with Gasteiger partial charge >= 0.3 is 0 Å². The summed E-state index contributed by atoms with van der Waals surface area (Å²) in [5.74, 6) is 2.68. The molecule has 0 saturated carbocycles. The monoisotopic (exact) mass is 362 g/mol. The lowest BCUT2D eigenvalue weighted by molar-refractivity contribution is -0.138. The minimum Gasteiger partial charge on any atom is -0.344 e. The molecule has 136 valence electrons. The molecule has 25 heavy (non-hydrogen) atoms. The van der Waals surface area contributed by atoms with Gasteiger partial charge in [0.2, 0.25) is 5.91 Å². The molecule has 3 aliphatic heterocycles. The fourth-order valence-corrected chi connectivity index (χ4v) is 5.07.